The van der Waals surface area contributed by atoms with Gasteiger partial charge in [-0.05, 0) is 6.07 Å². The van der Waals surface area contributed by atoms with E-state index in [1.54, 1.807) is 0 Å². The predicted octanol–water partition coefficient (Wildman–Crippen LogP) is 0.448. The largest absolute Gasteiger partial charge is 0.488 e. The second kappa shape index (κ2) is 6.01. The summed E-state index contributed by atoms with van der Waals surface area (Å²) in [4.78, 5) is 19.6. The highest BCUT2D eigenvalue weighted by Gasteiger charge is 2.29. The molecule has 1 aromatic rings. The third-order valence-corrected chi connectivity index (χ3v) is 4.25. The van der Waals surface area contributed by atoms with E-state index in [9.17, 15) is 27.7 Å². The van der Waals surface area contributed by atoms with Gasteiger partial charge in [-0.3, -0.25) is 14.9 Å². The Morgan fingerprint density at radius 1 is 1.52 bits per heavy atom. The number of likely N-dealkylation sites (N-methyl/N-ethyl adjacent to an activating group) is 1. The molecule has 0 spiro atoms. The number of carbonyl (C=O) groups is 1. The molecular weight excluding hydrogens is 311 g/mol. The van der Waals surface area contributed by atoms with Crippen LogP contribution in [0.2, 0.25) is 0 Å². The van der Waals surface area contributed by atoms with E-state index >= 15 is 0 Å². The Balaban J connectivity index is 3.44. The molecule has 0 heterocycles. The van der Waals surface area contributed by atoms with E-state index in [-0.39, 0.29) is 0 Å². The number of ether oxygens (including phenoxy) is 1. The standard InChI is InChI=1S/C10H11FN2O7S/c1-12(5-9(14)15)21(18,19)6-3-7(11)10(20-2)8(4-6)13(16)17/h3-4H,5H2,1-2H3,(H,14,15). The number of hydrogen-bond donors (Lipinski definition) is 1. The molecule has 0 aliphatic carbocycles. The molecule has 1 rings (SSSR count). The maximum atomic E-state index is 13.7. The van der Waals surface area contributed by atoms with Gasteiger partial charge in [-0.25, -0.2) is 12.8 Å². The van der Waals surface area contributed by atoms with Crippen LogP contribution in [0.15, 0.2) is 17.0 Å². The first-order valence-corrected chi connectivity index (χ1v) is 6.75. The molecule has 0 amide bonds. The van der Waals surface area contributed by atoms with Crippen LogP contribution in [0.5, 0.6) is 5.75 Å². The summed E-state index contributed by atoms with van der Waals surface area (Å²) in [6, 6.07) is 1.13. The number of nitrogens with zero attached hydrogens (tertiary/aromatic N) is 2. The summed E-state index contributed by atoms with van der Waals surface area (Å²) in [5, 5.41) is 19.4. The first-order chi connectivity index (χ1) is 9.61. The molecule has 0 aliphatic heterocycles. The van der Waals surface area contributed by atoms with Crippen LogP contribution in [0.4, 0.5) is 10.1 Å². The van der Waals surface area contributed by atoms with Crippen LogP contribution in [0.25, 0.3) is 0 Å². The van der Waals surface area contributed by atoms with E-state index in [0.717, 1.165) is 14.2 Å². The fourth-order valence-electron chi connectivity index (χ4n) is 1.50. The van der Waals surface area contributed by atoms with Crippen molar-refractivity contribution in [3.63, 3.8) is 0 Å². The molecule has 0 unspecified atom stereocenters. The SMILES string of the molecule is COc1c(F)cc(S(=O)(=O)N(C)CC(=O)O)cc1[N+](=O)[O-]. The number of aliphatic carboxylic acids is 1. The third-order valence-electron chi connectivity index (χ3n) is 2.46. The second-order valence-corrected chi connectivity index (χ2v) is 5.91. The lowest BCUT2D eigenvalue weighted by Gasteiger charge is -2.15. The number of sulfonamides is 1. The Hall–Kier alpha value is -2.27. The highest BCUT2D eigenvalue weighted by atomic mass is 32.2. The number of carboxylic acids is 1. The van der Waals surface area contributed by atoms with Crippen molar-refractivity contribution in [3.8, 4) is 5.75 Å². The van der Waals surface area contributed by atoms with Crippen LogP contribution < -0.4 is 4.74 Å². The minimum absolute atomic E-state index is 0.431. The lowest BCUT2D eigenvalue weighted by molar-refractivity contribution is -0.386. The van der Waals surface area contributed by atoms with Crippen LogP contribution in [-0.4, -0.2) is 49.4 Å². The average molecular weight is 322 g/mol. The van der Waals surface area contributed by atoms with Crippen molar-refractivity contribution >= 4 is 21.7 Å². The molecule has 0 aliphatic rings. The first-order valence-electron chi connectivity index (χ1n) is 5.31. The van der Waals surface area contributed by atoms with Gasteiger partial charge < -0.3 is 9.84 Å². The zero-order chi connectivity index (χ0) is 16.4. The number of nitro benzene ring substituents is 1. The van der Waals surface area contributed by atoms with Crippen LogP contribution in [-0.2, 0) is 14.8 Å². The Kier molecular flexibility index (Phi) is 4.80. The van der Waals surface area contributed by atoms with Gasteiger partial charge in [0.25, 0.3) is 0 Å². The van der Waals surface area contributed by atoms with E-state index in [4.69, 9.17) is 5.11 Å². The van der Waals surface area contributed by atoms with Gasteiger partial charge in [0.05, 0.1) is 16.9 Å². The Labute approximate surface area is 118 Å². The number of rotatable bonds is 6. The molecular formula is C10H11FN2O7S. The number of benzene rings is 1. The van der Waals surface area contributed by atoms with Gasteiger partial charge in [-0.2, -0.15) is 4.31 Å². The van der Waals surface area contributed by atoms with Gasteiger partial charge in [0.2, 0.25) is 15.8 Å². The number of halogens is 1. The summed E-state index contributed by atoms with van der Waals surface area (Å²) >= 11 is 0. The van der Waals surface area contributed by atoms with Crippen molar-refractivity contribution in [2.75, 3.05) is 20.7 Å². The van der Waals surface area contributed by atoms with E-state index in [1.807, 2.05) is 0 Å². The van der Waals surface area contributed by atoms with Crippen LogP contribution in [0.3, 0.4) is 0 Å². The molecule has 9 nitrogen and oxygen atoms in total. The first kappa shape index (κ1) is 16.8. The minimum atomic E-state index is -4.39. The van der Waals surface area contributed by atoms with Crippen LogP contribution in [0.1, 0.15) is 0 Å². The second-order valence-electron chi connectivity index (χ2n) is 3.87. The summed E-state index contributed by atoms with van der Waals surface area (Å²) in [6.07, 6.45) is 0. The van der Waals surface area contributed by atoms with Gasteiger partial charge in [0.1, 0.15) is 6.54 Å². The molecule has 0 saturated heterocycles. The number of carboxylic acid groups (broad SMARTS) is 1. The van der Waals surface area contributed by atoms with Gasteiger partial charge in [0.15, 0.2) is 5.82 Å². The van der Waals surface area contributed by atoms with Crippen molar-refractivity contribution in [1.29, 1.82) is 0 Å². The van der Waals surface area contributed by atoms with Crippen molar-refractivity contribution in [1.82, 2.24) is 4.31 Å². The third kappa shape index (κ3) is 3.44. The molecule has 0 atom stereocenters. The lowest BCUT2D eigenvalue weighted by Crippen LogP contribution is -2.32. The lowest BCUT2D eigenvalue weighted by atomic mass is 10.3. The maximum absolute atomic E-state index is 13.7. The summed E-state index contributed by atoms with van der Waals surface area (Å²) in [5.74, 6) is -3.38. The molecule has 0 aromatic heterocycles. The number of methoxy groups -OCH3 is 1. The maximum Gasteiger partial charge on any atom is 0.318 e. The van der Waals surface area contributed by atoms with Crippen molar-refractivity contribution in [2.24, 2.45) is 0 Å². The molecule has 0 radical (unpaired) electrons. The molecule has 0 saturated carbocycles. The summed E-state index contributed by atoms with van der Waals surface area (Å²) < 4.78 is 42.7. The molecule has 116 valence electrons. The van der Waals surface area contributed by atoms with Crippen molar-refractivity contribution < 1.29 is 32.4 Å². The van der Waals surface area contributed by atoms with Crippen molar-refractivity contribution in [3.05, 3.63) is 28.1 Å². The summed E-state index contributed by atoms with van der Waals surface area (Å²) in [7, 11) is -2.43. The molecule has 1 aromatic carbocycles. The Morgan fingerprint density at radius 2 is 2.10 bits per heavy atom. The fraction of sp³-hybridized carbons (Fsp3) is 0.300. The smallest absolute Gasteiger partial charge is 0.318 e. The highest BCUT2D eigenvalue weighted by Crippen LogP contribution is 2.33. The van der Waals surface area contributed by atoms with Gasteiger partial charge >= 0.3 is 11.7 Å². The van der Waals surface area contributed by atoms with E-state index < -0.39 is 49.6 Å². The molecule has 1 N–H and O–H groups in total. The predicted molar refractivity (Wildman–Crippen MR) is 67.1 cm³/mol. The quantitative estimate of drug-likeness (QED) is 0.595. The van der Waals surface area contributed by atoms with Gasteiger partial charge in [0, 0.05) is 13.1 Å². The molecule has 21 heavy (non-hydrogen) atoms. The zero-order valence-electron chi connectivity index (χ0n) is 10.9. The zero-order valence-corrected chi connectivity index (χ0v) is 11.8. The molecule has 11 heteroatoms. The van der Waals surface area contributed by atoms with E-state index in [2.05, 4.69) is 4.74 Å². The van der Waals surface area contributed by atoms with E-state index in [0.29, 0.717) is 16.4 Å². The summed E-state index contributed by atoms with van der Waals surface area (Å²) in [5.41, 5.74) is -0.875. The topological polar surface area (TPSA) is 127 Å². The Bertz CT molecular complexity index is 689. The van der Waals surface area contributed by atoms with Crippen LogP contribution >= 0.6 is 0 Å². The van der Waals surface area contributed by atoms with Crippen molar-refractivity contribution in [2.45, 2.75) is 4.90 Å². The highest BCUT2D eigenvalue weighted by molar-refractivity contribution is 7.89. The van der Waals surface area contributed by atoms with Crippen LogP contribution in [0, 0.1) is 15.9 Å². The van der Waals surface area contributed by atoms with E-state index in [1.165, 1.54) is 0 Å². The summed E-state index contributed by atoms with van der Waals surface area (Å²) in [6.45, 7) is -0.871. The number of hydrogen-bond acceptors (Lipinski definition) is 6. The van der Waals surface area contributed by atoms with Gasteiger partial charge in [-0.15, -0.1) is 0 Å². The number of nitro groups is 1. The monoisotopic (exact) mass is 322 g/mol. The minimum Gasteiger partial charge on any atom is -0.488 e. The average Bonchev–Trinajstić information content (AvgIpc) is 2.36. The van der Waals surface area contributed by atoms with Gasteiger partial charge in [-0.1, -0.05) is 0 Å². The Morgan fingerprint density at radius 3 is 2.52 bits per heavy atom. The fourth-order valence-corrected chi connectivity index (χ4v) is 2.65. The molecule has 0 bridgehead atoms. The molecule has 0 fully saturated rings. The normalized spacial score (nSPS) is 11.4.